The predicted octanol–water partition coefficient (Wildman–Crippen LogP) is 2.49. The van der Waals surface area contributed by atoms with Crippen LogP contribution in [0.5, 0.6) is 0 Å². The lowest BCUT2D eigenvalue weighted by Crippen LogP contribution is -2.41. The number of aryl methyl sites for hydroxylation is 1. The molecule has 0 fully saturated rings. The van der Waals surface area contributed by atoms with Crippen LogP contribution in [0.15, 0.2) is 12.1 Å². The molecule has 1 amide bonds. The van der Waals surface area contributed by atoms with E-state index in [1.54, 1.807) is 26.8 Å². The van der Waals surface area contributed by atoms with Gasteiger partial charge in [0.25, 0.3) is 0 Å². The van der Waals surface area contributed by atoms with Gasteiger partial charge in [-0.25, -0.2) is 4.98 Å². The lowest BCUT2D eigenvalue weighted by atomic mass is 9.93. The topological polar surface area (TPSA) is 83.8 Å². The third-order valence-corrected chi connectivity index (χ3v) is 3.63. The van der Waals surface area contributed by atoms with Crippen molar-refractivity contribution in [2.45, 2.75) is 33.5 Å². The molecular weight excluding hydrogens is 309 g/mol. The standard InChI is InChI=1S/C15H19F3N4O/c1-8-4-9(15(16,17)18)12-10(5-8)21-11(22-12)6-20-13(23)14(2,3)7-19/h4-5H,6-7,19H2,1-3H3,(H,20,23)(H,21,22). The summed E-state index contributed by atoms with van der Waals surface area (Å²) >= 11 is 0. The molecule has 0 aliphatic rings. The molecular formula is C15H19F3N4O. The summed E-state index contributed by atoms with van der Waals surface area (Å²) < 4.78 is 39.3. The molecule has 8 heteroatoms. The highest BCUT2D eigenvalue weighted by molar-refractivity contribution is 5.82. The van der Waals surface area contributed by atoms with Crippen LogP contribution < -0.4 is 11.1 Å². The molecule has 0 saturated carbocycles. The van der Waals surface area contributed by atoms with E-state index in [0.717, 1.165) is 6.07 Å². The van der Waals surface area contributed by atoms with Crippen molar-refractivity contribution in [2.24, 2.45) is 11.1 Å². The van der Waals surface area contributed by atoms with Crippen molar-refractivity contribution in [1.82, 2.24) is 15.3 Å². The van der Waals surface area contributed by atoms with Crippen molar-refractivity contribution >= 4 is 16.9 Å². The van der Waals surface area contributed by atoms with Gasteiger partial charge in [-0.05, 0) is 38.5 Å². The molecule has 2 aromatic rings. The summed E-state index contributed by atoms with van der Waals surface area (Å²) in [5.74, 6) is -0.0232. The zero-order valence-corrected chi connectivity index (χ0v) is 13.1. The average Bonchev–Trinajstić information content (AvgIpc) is 2.85. The minimum Gasteiger partial charge on any atom is -0.348 e. The van der Waals surface area contributed by atoms with Gasteiger partial charge < -0.3 is 16.0 Å². The van der Waals surface area contributed by atoms with Gasteiger partial charge in [-0.15, -0.1) is 0 Å². The normalized spacial score (nSPS) is 12.7. The molecule has 4 N–H and O–H groups in total. The van der Waals surface area contributed by atoms with E-state index in [1.165, 1.54) is 0 Å². The van der Waals surface area contributed by atoms with E-state index in [1.807, 2.05) is 0 Å². The smallest absolute Gasteiger partial charge is 0.348 e. The first-order valence-electron chi connectivity index (χ1n) is 7.09. The zero-order valence-electron chi connectivity index (χ0n) is 13.1. The number of rotatable bonds is 4. The summed E-state index contributed by atoms with van der Waals surface area (Å²) in [6.45, 7) is 5.12. The van der Waals surface area contributed by atoms with Crippen molar-refractivity contribution < 1.29 is 18.0 Å². The summed E-state index contributed by atoms with van der Waals surface area (Å²) in [6.07, 6.45) is -4.47. The number of H-pyrrole nitrogens is 1. The van der Waals surface area contributed by atoms with E-state index in [2.05, 4.69) is 15.3 Å². The van der Waals surface area contributed by atoms with Crippen LogP contribution >= 0.6 is 0 Å². The summed E-state index contributed by atoms with van der Waals surface area (Å²) in [4.78, 5) is 18.7. The highest BCUT2D eigenvalue weighted by Gasteiger charge is 2.34. The van der Waals surface area contributed by atoms with Gasteiger partial charge >= 0.3 is 6.18 Å². The fourth-order valence-electron chi connectivity index (χ4n) is 2.11. The van der Waals surface area contributed by atoms with E-state index in [-0.39, 0.29) is 35.9 Å². The maximum atomic E-state index is 13.1. The molecule has 1 heterocycles. The lowest BCUT2D eigenvalue weighted by Gasteiger charge is -2.20. The number of halogens is 3. The fourth-order valence-corrected chi connectivity index (χ4v) is 2.11. The van der Waals surface area contributed by atoms with Gasteiger partial charge in [-0.1, -0.05) is 0 Å². The number of carbonyl (C=O) groups excluding carboxylic acids is 1. The van der Waals surface area contributed by atoms with Gasteiger partial charge in [0.1, 0.15) is 5.82 Å². The van der Waals surface area contributed by atoms with Crippen LogP contribution in [-0.4, -0.2) is 22.4 Å². The van der Waals surface area contributed by atoms with Gasteiger partial charge in [0.15, 0.2) is 0 Å². The highest BCUT2D eigenvalue weighted by Crippen LogP contribution is 2.34. The summed E-state index contributed by atoms with van der Waals surface area (Å²) in [6, 6.07) is 2.64. The van der Waals surface area contributed by atoms with E-state index in [9.17, 15) is 18.0 Å². The van der Waals surface area contributed by atoms with Crippen LogP contribution in [0.3, 0.4) is 0 Å². The van der Waals surface area contributed by atoms with Crippen LogP contribution in [0.4, 0.5) is 13.2 Å². The summed E-state index contributed by atoms with van der Waals surface area (Å²) in [7, 11) is 0. The van der Waals surface area contributed by atoms with Gasteiger partial charge in [0, 0.05) is 6.54 Å². The molecule has 0 aliphatic carbocycles. The van der Waals surface area contributed by atoms with Crippen molar-refractivity contribution in [3.05, 3.63) is 29.1 Å². The molecule has 0 bridgehead atoms. The number of carbonyl (C=O) groups is 1. The van der Waals surface area contributed by atoms with E-state index in [0.29, 0.717) is 5.56 Å². The average molecular weight is 328 g/mol. The number of imidazole rings is 1. The van der Waals surface area contributed by atoms with Crippen molar-refractivity contribution in [3.8, 4) is 0 Å². The Hall–Kier alpha value is -2.09. The van der Waals surface area contributed by atoms with Gasteiger partial charge in [0.05, 0.1) is 28.6 Å². The van der Waals surface area contributed by atoms with Crippen LogP contribution in [0, 0.1) is 12.3 Å². The molecule has 1 aromatic heterocycles. The second kappa shape index (κ2) is 5.84. The largest absolute Gasteiger partial charge is 0.418 e. The Bertz CT molecular complexity index is 734. The number of aromatic nitrogens is 2. The summed E-state index contributed by atoms with van der Waals surface area (Å²) in [5, 5.41) is 2.63. The molecule has 2 rings (SSSR count). The SMILES string of the molecule is Cc1cc(C(F)(F)F)c2[nH]c(CNC(=O)C(C)(C)CN)nc2c1. The molecule has 0 radical (unpaired) electrons. The Morgan fingerprint density at radius 2 is 2.00 bits per heavy atom. The number of benzene rings is 1. The van der Waals surface area contributed by atoms with Crippen LogP contribution in [0.25, 0.3) is 11.0 Å². The Kier molecular flexibility index (Phi) is 4.39. The number of hydrogen-bond donors (Lipinski definition) is 3. The number of hydrogen-bond acceptors (Lipinski definition) is 3. The summed E-state index contributed by atoms with van der Waals surface area (Å²) in [5.41, 5.74) is 4.61. The quantitative estimate of drug-likeness (QED) is 0.806. The number of alkyl halides is 3. The molecule has 0 spiro atoms. The molecule has 0 atom stereocenters. The minimum absolute atomic E-state index is 0.00723. The lowest BCUT2D eigenvalue weighted by molar-refractivity contribution is -0.136. The Balaban J connectivity index is 2.29. The maximum absolute atomic E-state index is 13.1. The van der Waals surface area contributed by atoms with Crippen molar-refractivity contribution in [3.63, 3.8) is 0 Å². The second-order valence-electron chi connectivity index (χ2n) is 6.16. The third kappa shape index (κ3) is 3.64. The van der Waals surface area contributed by atoms with E-state index >= 15 is 0 Å². The molecule has 23 heavy (non-hydrogen) atoms. The zero-order chi connectivity index (χ0) is 17.4. The number of nitrogens with two attached hydrogens (primary N) is 1. The molecule has 126 valence electrons. The van der Waals surface area contributed by atoms with Gasteiger partial charge in [0.2, 0.25) is 5.91 Å². The number of fused-ring (bicyclic) bond motifs is 1. The van der Waals surface area contributed by atoms with Crippen LogP contribution in [0.2, 0.25) is 0 Å². The van der Waals surface area contributed by atoms with Crippen LogP contribution in [-0.2, 0) is 17.5 Å². The first-order chi connectivity index (χ1) is 10.5. The highest BCUT2D eigenvalue weighted by atomic mass is 19.4. The Labute approximate surface area is 131 Å². The van der Waals surface area contributed by atoms with E-state index < -0.39 is 17.2 Å². The molecule has 0 saturated heterocycles. The fraction of sp³-hybridized carbons (Fsp3) is 0.467. The van der Waals surface area contributed by atoms with E-state index in [4.69, 9.17) is 5.73 Å². The predicted molar refractivity (Wildman–Crippen MR) is 80.5 cm³/mol. The minimum atomic E-state index is -4.47. The second-order valence-corrected chi connectivity index (χ2v) is 6.16. The number of nitrogens with zero attached hydrogens (tertiary/aromatic N) is 1. The first kappa shape index (κ1) is 17.3. The number of nitrogens with one attached hydrogen (secondary N) is 2. The molecule has 0 unspecified atom stereocenters. The maximum Gasteiger partial charge on any atom is 0.418 e. The first-order valence-corrected chi connectivity index (χ1v) is 7.09. The van der Waals surface area contributed by atoms with Crippen LogP contribution in [0.1, 0.15) is 30.8 Å². The Morgan fingerprint density at radius 3 is 2.57 bits per heavy atom. The molecule has 0 aliphatic heterocycles. The van der Waals surface area contributed by atoms with Crippen molar-refractivity contribution in [2.75, 3.05) is 6.54 Å². The van der Waals surface area contributed by atoms with Gasteiger partial charge in [-0.2, -0.15) is 13.2 Å². The van der Waals surface area contributed by atoms with Gasteiger partial charge in [-0.3, -0.25) is 4.79 Å². The number of aromatic amines is 1. The monoisotopic (exact) mass is 328 g/mol. The molecule has 1 aromatic carbocycles. The third-order valence-electron chi connectivity index (χ3n) is 3.63. The number of amides is 1. The Morgan fingerprint density at radius 1 is 1.35 bits per heavy atom. The molecule has 5 nitrogen and oxygen atoms in total. The van der Waals surface area contributed by atoms with Crippen molar-refractivity contribution in [1.29, 1.82) is 0 Å².